The zero-order valence-corrected chi connectivity index (χ0v) is 12.6. The number of alkyl halides is 1. The number of halogens is 2. The summed E-state index contributed by atoms with van der Waals surface area (Å²) in [7, 11) is 0. The Labute approximate surface area is 117 Å². The molecule has 1 aromatic carbocycles. The maximum Gasteiger partial charge on any atom is 0.0467 e. The van der Waals surface area contributed by atoms with Gasteiger partial charge >= 0.3 is 0 Å². The number of nitrogens with zero attached hydrogens (tertiary/aromatic N) is 1. The first-order chi connectivity index (χ1) is 8.24. The molecule has 0 aliphatic carbocycles. The topological polar surface area (TPSA) is 3.24 Å². The van der Waals surface area contributed by atoms with Gasteiger partial charge in [-0.3, -0.25) is 0 Å². The van der Waals surface area contributed by atoms with E-state index in [2.05, 4.69) is 46.0 Å². The summed E-state index contributed by atoms with van der Waals surface area (Å²) in [6.07, 6.45) is 3.94. The Hall–Kier alpha value is -0.210. The molecule has 0 unspecified atom stereocenters. The van der Waals surface area contributed by atoms with E-state index in [1.807, 2.05) is 0 Å². The minimum atomic E-state index is 0.823. The monoisotopic (exact) mass is 315 g/mol. The molecule has 0 aromatic heterocycles. The lowest BCUT2D eigenvalue weighted by atomic mass is 9.94. The number of anilines is 1. The molecule has 0 spiro atoms. The van der Waals surface area contributed by atoms with Gasteiger partial charge in [0.25, 0.3) is 0 Å². The van der Waals surface area contributed by atoms with Crippen LogP contribution in [0.1, 0.15) is 31.7 Å². The predicted molar refractivity (Wildman–Crippen MR) is 79.3 cm³/mol. The van der Waals surface area contributed by atoms with Crippen LogP contribution in [-0.2, 0) is 5.33 Å². The molecule has 1 fully saturated rings. The summed E-state index contributed by atoms with van der Waals surface area (Å²) < 4.78 is 0. The Morgan fingerprint density at radius 2 is 2.06 bits per heavy atom. The molecule has 3 heteroatoms. The van der Waals surface area contributed by atoms with Crippen LogP contribution in [0.15, 0.2) is 18.2 Å². The molecule has 1 heterocycles. The standard InChI is InChI=1S/C14H19BrClN/c1-2-11-5-7-17(8-6-11)13-4-3-12(10-15)14(16)9-13/h3-4,9,11H,2,5-8,10H2,1H3. The fourth-order valence-electron chi connectivity index (χ4n) is 2.44. The van der Waals surface area contributed by atoms with Crippen molar-refractivity contribution in [2.45, 2.75) is 31.5 Å². The molecule has 1 aliphatic rings. The van der Waals surface area contributed by atoms with Crippen LogP contribution in [0.25, 0.3) is 0 Å². The summed E-state index contributed by atoms with van der Waals surface area (Å²) in [5.74, 6) is 0.920. The summed E-state index contributed by atoms with van der Waals surface area (Å²) in [6, 6.07) is 6.41. The smallest absolute Gasteiger partial charge is 0.0467 e. The zero-order valence-electron chi connectivity index (χ0n) is 10.3. The van der Waals surface area contributed by atoms with E-state index < -0.39 is 0 Å². The molecule has 0 saturated carbocycles. The van der Waals surface area contributed by atoms with Gasteiger partial charge in [-0.25, -0.2) is 0 Å². The Bertz CT molecular complexity index is 372. The summed E-state index contributed by atoms with van der Waals surface area (Å²) in [5, 5.41) is 1.70. The Kier molecular flexibility index (Phi) is 4.75. The third-order valence-corrected chi connectivity index (χ3v) is 4.69. The Morgan fingerprint density at radius 1 is 1.35 bits per heavy atom. The number of hydrogen-bond acceptors (Lipinski definition) is 1. The quantitative estimate of drug-likeness (QED) is 0.720. The van der Waals surface area contributed by atoms with Crippen LogP contribution in [-0.4, -0.2) is 13.1 Å². The van der Waals surface area contributed by atoms with Crippen LogP contribution in [0.3, 0.4) is 0 Å². The summed E-state index contributed by atoms with van der Waals surface area (Å²) in [4.78, 5) is 2.45. The molecule has 1 saturated heterocycles. The number of hydrogen-bond donors (Lipinski definition) is 0. The fraction of sp³-hybridized carbons (Fsp3) is 0.571. The van der Waals surface area contributed by atoms with Crippen molar-refractivity contribution in [1.29, 1.82) is 0 Å². The summed E-state index contributed by atoms with van der Waals surface area (Å²) in [5.41, 5.74) is 2.44. The van der Waals surface area contributed by atoms with Gasteiger partial charge in [0.1, 0.15) is 0 Å². The van der Waals surface area contributed by atoms with E-state index in [1.54, 1.807) is 0 Å². The third-order valence-electron chi connectivity index (χ3n) is 3.74. The van der Waals surface area contributed by atoms with E-state index in [4.69, 9.17) is 11.6 Å². The van der Waals surface area contributed by atoms with Gasteiger partial charge in [-0.1, -0.05) is 46.9 Å². The normalized spacial score (nSPS) is 17.5. The lowest BCUT2D eigenvalue weighted by molar-refractivity contribution is 0.395. The van der Waals surface area contributed by atoms with Crippen molar-refractivity contribution in [3.8, 4) is 0 Å². The van der Waals surface area contributed by atoms with Crippen molar-refractivity contribution in [3.63, 3.8) is 0 Å². The van der Waals surface area contributed by atoms with Gasteiger partial charge in [0.2, 0.25) is 0 Å². The number of benzene rings is 1. The summed E-state index contributed by atoms with van der Waals surface area (Å²) >= 11 is 9.70. The Morgan fingerprint density at radius 3 is 2.59 bits per heavy atom. The first-order valence-corrected chi connectivity index (χ1v) is 7.84. The molecule has 1 aliphatic heterocycles. The molecule has 0 N–H and O–H groups in total. The molecule has 0 bridgehead atoms. The second-order valence-electron chi connectivity index (χ2n) is 4.75. The van der Waals surface area contributed by atoms with Gasteiger partial charge in [-0.2, -0.15) is 0 Å². The van der Waals surface area contributed by atoms with Crippen LogP contribution in [0.5, 0.6) is 0 Å². The molecule has 1 aromatic rings. The molecule has 0 atom stereocenters. The van der Waals surface area contributed by atoms with Gasteiger partial charge in [0.05, 0.1) is 0 Å². The SMILES string of the molecule is CCC1CCN(c2ccc(CBr)c(Cl)c2)CC1. The van der Waals surface area contributed by atoms with E-state index in [0.29, 0.717) is 0 Å². The van der Waals surface area contributed by atoms with Crippen LogP contribution >= 0.6 is 27.5 Å². The molecule has 94 valence electrons. The summed E-state index contributed by atoms with van der Waals surface area (Å²) in [6.45, 7) is 4.63. The molecular weight excluding hydrogens is 298 g/mol. The maximum atomic E-state index is 6.25. The highest BCUT2D eigenvalue weighted by Crippen LogP contribution is 2.29. The van der Waals surface area contributed by atoms with E-state index in [9.17, 15) is 0 Å². The molecule has 17 heavy (non-hydrogen) atoms. The fourth-order valence-corrected chi connectivity index (χ4v) is 3.33. The molecular formula is C14H19BrClN. The van der Waals surface area contributed by atoms with E-state index in [-0.39, 0.29) is 0 Å². The van der Waals surface area contributed by atoms with E-state index in [1.165, 1.54) is 43.6 Å². The molecule has 0 amide bonds. The van der Waals surface area contributed by atoms with Gasteiger partial charge in [0.15, 0.2) is 0 Å². The van der Waals surface area contributed by atoms with Crippen molar-refractivity contribution in [3.05, 3.63) is 28.8 Å². The van der Waals surface area contributed by atoms with Crippen LogP contribution in [0, 0.1) is 5.92 Å². The predicted octanol–water partition coefficient (Wildman–Crippen LogP) is 4.86. The van der Waals surface area contributed by atoms with Crippen molar-refractivity contribution < 1.29 is 0 Å². The van der Waals surface area contributed by atoms with E-state index >= 15 is 0 Å². The average Bonchev–Trinajstić information content (AvgIpc) is 2.39. The zero-order chi connectivity index (χ0) is 12.3. The number of piperidine rings is 1. The lowest BCUT2D eigenvalue weighted by Crippen LogP contribution is -2.33. The second-order valence-corrected chi connectivity index (χ2v) is 5.72. The Balaban J connectivity index is 2.06. The van der Waals surface area contributed by atoms with E-state index in [0.717, 1.165) is 16.3 Å². The largest absolute Gasteiger partial charge is 0.371 e. The molecule has 1 nitrogen and oxygen atoms in total. The van der Waals surface area contributed by atoms with Gasteiger partial charge in [0, 0.05) is 29.1 Å². The lowest BCUT2D eigenvalue weighted by Gasteiger charge is -2.33. The minimum absolute atomic E-state index is 0.823. The van der Waals surface area contributed by atoms with Gasteiger partial charge in [-0.05, 0) is 36.5 Å². The van der Waals surface area contributed by atoms with Gasteiger partial charge < -0.3 is 4.90 Å². The minimum Gasteiger partial charge on any atom is -0.371 e. The first kappa shape index (κ1) is 13.2. The van der Waals surface area contributed by atoms with Crippen molar-refractivity contribution in [2.24, 2.45) is 5.92 Å². The molecule has 2 rings (SSSR count). The average molecular weight is 317 g/mol. The number of rotatable bonds is 3. The molecule has 0 radical (unpaired) electrons. The maximum absolute atomic E-state index is 6.25. The van der Waals surface area contributed by atoms with Gasteiger partial charge in [-0.15, -0.1) is 0 Å². The van der Waals surface area contributed by atoms with Crippen LogP contribution < -0.4 is 4.90 Å². The van der Waals surface area contributed by atoms with Crippen molar-refractivity contribution in [1.82, 2.24) is 0 Å². The van der Waals surface area contributed by atoms with Crippen molar-refractivity contribution in [2.75, 3.05) is 18.0 Å². The first-order valence-electron chi connectivity index (χ1n) is 6.34. The van der Waals surface area contributed by atoms with Crippen LogP contribution in [0.2, 0.25) is 5.02 Å². The highest BCUT2D eigenvalue weighted by Gasteiger charge is 2.18. The van der Waals surface area contributed by atoms with Crippen LogP contribution in [0.4, 0.5) is 5.69 Å². The highest BCUT2D eigenvalue weighted by molar-refractivity contribution is 9.08. The highest BCUT2D eigenvalue weighted by atomic mass is 79.9. The van der Waals surface area contributed by atoms with Crippen molar-refractivity contribution >= 4 is 33.2 Å². The third kappa shape index (κ3) is 3.17. The second kappa shape index (κ2) is 6.10.